The SMILES string of the molecule is C.CC.Cc1cccc(C)c1N. The summed E-state index contributed by atoms with van der Waals surface area (Å²) >= 11 is 0. The van der Waals surface area contributed by atoms with Crippen molar-refractivity contribution < 1.29 is 0 Å². The lowest BCUT2D eigenvalue weighted by atomic mass is 10.1. The van der Waals surface area contributed by atoms with E-state index in [2.05, 4.69) is 0 Å². The van der Waals surface area contributed by atoms with Crippen LogP contribution in [-0.2, 0) is 0 Å². The van der Waals surface area contributed by atoms with Crippen molar-refractivity contribution in [3.05, 3.63) is 29.3 Å². The Kier molecular flexibility index (Phi) is 7.61. The van der Waals surface area contributed by atoms with Gasteiger partial charge in [0.1, 0.15) is 0 Å². The van der Waals surface area contributed by atoms with Gasteiger partial charge in [-0.15, -0.1) is 0 Å². The Morgan fingerprint density at radius 1 is 1.00 bits per heavy atom. The van der Waals surface area contributed by atoms with Gasteiger partial charge in [-0.05, 0) is 25.0 Å². The molecular formula is C11H21N. The minimum atomic E-state index is 0. The maximum Gasteiger partial charge on any atom is 0.0373 e. The second kappa shape index (κ2) is 6.71. The highest BCUT2D eigenvalue weighted by Crippen LogP contribution is 2.13. The van der Waals surface area contributed by atoms with Crippen LogP contribution < -0.4 is 5.73 Å². The number of nitrogens with two attached hydrogens (primary N) is 1. The van der Waals surface area contributed by atoms with E-state index in [0.717, 1.165) is 16.8 Å². The largest absolute Gasteiger partial charge is 0.398 e. The smallest absolute Gasteiger partial charge is 0.0373 e. The molecule has 0 aromatic heterocycles. The molecule has 1 rings (SSSR count). The molecule has 0 unspecified atom stereocenters. The molecule has 0 aliphatic rings. The van der Waals surface area contributed by atoms with E-state index in [9.17, 15) is 0 Å². The summed E-state index contributed by atoms with van der Waals surface area (Å²) in [5.41, 5.74) is 8.92. The van der Waals surface area contributed by atoms with Crippen molar-refractivity contribution in [2.24, 2.45) is 0 Å². The van der Waals surface area contributed by atoms with Gasteiger partial charge in [-0.25, -0.2) is 0 Å². The Labute approximate surface area is 76.6 Å². The van der Waals surface area contributed by atoms with E-state index < -0.39 is 0 Å². The highest BCUT2D eigenvalue weighted by molar-refractivity contribution is 5.52. The molecule has 0 fully saturated rings. The Balaban J connectivity index is 0. The number of aryl methyl sites for hydroxylation is 2. The standard InChI is InChI=1S/C8H11N.C2H6.CH4/c1-6-4-3-5-7(2)8(6)9;1-2;/h3-5H,9H2,1-2H3;1-2H3;1H4. The van der Waals surface area contributed by atoms with Crippen LogP contribution in [0.3, 0.4) is 0 Å². The molecule has 0 amide bonds. The van der Waals surface area contributed by atoms with Gasteiger partial charge in [-0.2, -0.15) is 0 Å². The van der Waals surface area contributed by atoms with Crippen molar-refractivity contribution in [1.29, 1.82) is 0 Å². The molecule has 1 heteroatoms. The summed E-state index contributed by atoms with van der Waals surface area (Å²) in [6.45, 7) is 8.03. The topological polar surface area (TPSA) is 26.0 Å². The Bertz CT molecular complexity index is 196. The summed E-state index contributed by atoms with van der Waals surface area (Å²) in [6, 6.07) is 6.05. The van der Waals surface area contributed by atoms with Gasteiger partial charge in [0.25, 0.3) is 0 Å². The zero-order valence-electron chi connectivity index (χ0n) is 7.81. The predicted molar refractivity (Wildman–Crippen MR) is 58.4 cm³/mol. The van der Waals surface area contributed by atoms with Gasteiger partial charge in [0.2, 0.25) is 0 Å². The molecule has 1 aromatic rings. The zero-order chi connectivity index (χ0) is 8.85. The van der Waals surface area contributed by atoms with Crippen molar-refractivity contribution in [2.45, 2.75) is 35.1 Å². The summed E-state index contributed by atoms with van der Waals surface area (Å²) < 4.78 is 0. The van der Waals surface area contributed by atoms with Crippen molar-refractivity contribution in [1.82, 2.24) is 0 Å². The van der Waals surface area contributed by atoms with Gasteiger partial charge in [-0.1, -0.05) is 39.5 Å². The molecule has 1 nitrogen and oxygen atoms in total. The predicted octanol–water partition coefficient (Wildman–Crippen LogP) is 3.55. The van der Waals surface area contributed by atoms with Crippen LogP contribution in [0.1, 0.15) is 32.4 Å². The van der Waals surface area contributed by atoms with E-state index in [-0.39, 0.29) is 7.43 Å². The van der Waals surface area contributed by atoms with Crippen LogP contribution in [0.15, 0.2) is 18.2 Å². The van der Waals surface area contributed by atoms with Crippen LogP contribution in [0, 0.1) is 13.8 Å². The lowest BCUT2D eigenvalue weighted by Gasteiger charge is -2.00. The van der Waals surface area contributed by atoms with E-state index >= 15 is 0 Å². The number of nitrogen functional groups attached to an aromatic ring is 1. The first-order valence-electron chi connectivity index (χ1n) is 4.03. The first kappa shape index (κ1) is 13.6. The monoisotopic (exact) mass is 167 g/mol. The third kappa shape index (κ3) is 3.42. The molecule has 2 N–H and O–H groups in total. The third-order valence-electron chi connectivity index (χ3n) is 1.54. The van der Waals surface area contributed by atoms with Gasteiger partial charge in [0.05, 0.1) is 0 Å². The molecule has 70 valence electrons. The van der Waals surface area contributed by atoms with Crippen LogP contribution in [0.4, 0.5) is 5.69 Å². The van der Waals surface area contributed by atoms with Gasteiger partial charge in [0, 0.05) is 5.69 Å². The average Bonchev–Trinajstić information content (AvgIpc) is 2.04. The molecule has 0 aliphatic carbocycles. The molecule has 0 bridgehead atoms. The summed E-state index contributed by atoms with van der Waals surface area (Å²) in [6.07, 6.45) is 0. The van der Waals surface area contributed by atoms with Crippen LogP contribution in [-0.4, -0.2) is 0 Å². The maximum absolute atomic E-state index is 5.68. The normalized spacial score (nSPS) is 7.67. The average molecular weight is 167 g/mol. The molecule has 0 saturated carbocycles. The molecule has 0 aliphatic heterocycles. The summed E-state index contributed by atoms with van der Waals surface area (Å²) in [5.74, 6) is 0. The fraction of sp³-hybridized carbons (Fsp3) is 0.455. The van der Waals surface area contributed by atoms with Gasteiger partial charge >= 0.3 is 0 Å². The van der Waals surface area contributed by atoms with Crippen molar-refractivity contribution in [3.63, 3.8) is 0 Å². The second-order valence-electron chi connectivity index (χ2n) is 2.31. The minimum Gasteiger partial charge on any atom is -0.398 e. The van der Waals surface area contributed by atoms with E-state index in [4.69, 9.17) is 5.73 Å². The van der Waals surface area contributed by atoms with Crippen molar-refractivity contribution in [2.75, 3.05) is 5.73 Å². The first-order chi connectivity index (χ1) is 5.22. The van der Waals surface area contributed by atoms with E-state index in [1.807, 2.05) is 45.9 Å². The molecule has 0 atom stereocenters. The van der Waals surface area contributed by atoms with Crippen LogP contribution in [0.25, 0.3) is 0 Å². The Morgan fingerprint density at radius 3 is 1.58 bits per heavy atom. The maximum atomic E-state index is 5.68. The van der Waals surface area contributed by atoms with Gasteiger partial charge in [-0.3, -0.25) is 0 Å². The third-order valence-corrected chi connectivity index (χ3v) is 1.54. The number of rotatable bonds is 0. The van der Waals surface area contributed by atoms with E-state index in [1.54, 1.807) is 0 Å². The van der Waals surface area contributed by atoms with Crippen LogP contribution in [0.5, 0.6) is 0 Å². The van der Waals surface area contributed by atoms with Crippen LogP contribution in [0.2, 0.25) is 0 Å². The number of anilines is 1. The van der Waals surface area contributed by atoms with Crippen molar-refractivity contribution >= 4 is 5.69 Å². The van der Waals surface area contributed by atoms with Crippen LogP contribution >= 0.6 is 0 Å². The molecule has 0 heterocycles. The Morgan fingerprint density at radius 2 is 1.33 bits per heavy atom. The summed E-state index contributed by atoms with van der Waals surface area (Å²) in [5, 5.41) is 0. The quantitative estimate of drug-likeness (QED) is 0.587. The number of benzene rings is 1. The fourth-order valence-electron chi connectivity index (χ4n) is 0.827. The minimum absolute atomic E-state index is 0. The number of hydrogen-bond acceptors (Lipinski definition) is 1. The molecule has 12 heavy (non-hydrogen) atoms. The molecule has 0 radical (unpaired) electrons. The molecule has 0 saturated heterocycles. The van der Waals surface area contributed by atoms with Gasteiger partial charge < -0.3 is 5.73 Å². The summed E-state index contributed by atoms with van der Waals surface area (Å²) in [4.78, 5) is 0. The van der Waals surface area contributed by atoms with Crippen molar-refractivity contribution in [3.8, 4) is 0 Å². The number of para-hydroxylation sites is 1. The first-order valence-corrected chi connectivity index (χ1v) is 4.03. The number of hydrogen-bond donors (Lipinski definition) is 1. The molecule has 0 spiro atoms. The highest BCUT2D eigenvalue weighted by atomic mass is 14.6. The lowest BCUT2D eigenvalue weighted by molar-refractivity contribution is 1.39. The highest BCUT2D eigenvalue weighted by Gasteiger charge is 1.92. The van der Waals surface area contributed by atoms with Gasteiger partial charge in [0.15, 0.2) is 0 Å². The molecule has 1 aromatic carbocycles. The zero-order valence-corrected chi connectivity index (χ0v) is 7.81. The lowest BCUT2D eigenvalue weighted by Crippen LogP contribution is -1.91. The Hall–Kier alpha value is -0.980. The molecular weight excluding hydrogens is 146 g/mol. The fourth-order valence-corrected chi connectivity index (χ4v) is 0.827. The second-order valence-corrected chi connectivity index (χ2v) is 2.31. The van der Waals surface area contributed by atoms with E-state index in [1.165, 1.54) is 0 Å². The van der Waals surface area contributed by atoms with E-state index in [0.29, 0.717) is 0 Å². The summed E-state index contributed by atoms with van der Waals surface area (Å²) in [7, 11) is 0.